The first-order valence-corrected chi connectivity index (χ1v) is 5.81. The van der Waals surface area contributed by atoms with Crippen LogP contribution in [0.2, 0.25) is 0 Å². The molecular weight excluding hydrogens is 196 g/mol. The molecule has 0 N–H and O–H groups in total. The van der Waals surface area contributed by atoms with Gasteiger partial charge in [-0.2, -0.15) is 0 Å². The molecule has 0 heterocycles. The van der Waals surface area contributed by atoms with Gasteiger partial charge in [0.1, 0.15) is 0 Å². The SMILES string of the molecule is C=Cc1ccccc1COC/C=C/CCC. The second-order valence-electron chi connectivity index (χ2n) is 3.68. The zero-order chi connectivity index (χ0) is 11.6. The molecule has 1 aromatic rings. The highest BCUT2D eigenvalue weighted by molar-refractivity contribution is 5.51. The third-order valence-electron chi connectivity index (χ3n) is 2.37. The first-order valence-electron chi connectivity index (χ1n) is 5.81. The minimum Gasteiger partial charge on any atom is -0.373 e. The van der Waals surface area contributed by atoms with Crippen molar-refractivity contribution in [1.29, 1.82) is 0 Å². The van der Waals surface area contributed by atoms with E-state index in [-0.39, 0.29) is 0 Å². The van der Waals surface area contributed by atoms with E-state index >= 15 is 0 Å². The molecule has 0 radical (unpaired) electrons. The minimum atomic E-state index is 0.651. The van der Waals surface area contributed by atoms with Gasteiger partial charge in [0, 0.05) is 0 Å². The number of hydrogen-bond acceptors (Lipinski definition) is 1. The zero-order valence-corrected chi connectivity index (χ0v) is 9.99. The van der Waals surface area contributed by atoms with Gasteiger partial charge in [-0.3, -0.25) is 0 Å². The molecule has 0 saturated carbocycles. The van der Waals surface area contributed by atoms with Gasteiger partial charge in [-0.15, -0.1) is 0 Å². The number of rotatable bonds is 7. The molecule has 0 saturated heterocycles. The average Bonchev–Trinajstić information content (AvgIpc) is 2.34. The molecule has 86 valence electrons. The predicted octanol–water partition coefficient (Wildman–Crippen LogP) is 4.20. The first-order chi connectivity index (χ1) is 7.88. The number of benzene rings is 1. The molecule has 1 rings (SSSR count). The molecule has 0 aliphatic carbocycles. The molecule has 0 unspecified atom stereocenters. The van der Waals surface area contributed by atoms with E-state index in [0.717, 1.165) is 12.0 Å². The van der Waals surface area contributed by atoms with Gasteiger partial charge in [0.05, 0.1) is 13.2 Å². The molecule has 0 atom stereocenters. The van der Waals surface area contributed by atoms with E-state index in [4.69, 9.17) is 4.74 Å². The summed E-state index contributed by atoms with van der Waals surface area (Å²) in [7, 11) is 0. The van der Waals surface area contributed by atoms with Crippen LogP contribution in [0.4, 0.5) is 0 Å². The van der Waals surface area contributed by atoms with E-state index in [1.54, 1.807) is 0 Å². The topological polar surface area (TPSA) is 9.23 Å². The molecular formula is C15H20O. The highest BCUT2D eigenvalue weighted by atomic mass is 16.5. The van der Waals surface area contributed by atoms with E-state index < -0.39 is 0 Å². The number of ether oxygens (including phenoxy) is 1. The number of allylic oxidation sites excluding steroid dienone is 1. The van der Waals surface area contributed by atoms with Crippen molar-refractivity contribution in [3.8, 4) is 0 Å². The van der Waals surface area contributed by atoms with Crippen LogP contribution in [0.3, 0.4) is 0 Å². The first kappa shape index (κ1) is 12.7. The molecule has 0 aromatic heterocycles. The Balaban J connectivity index is 2.34. The second kappa shape index (κ2) is 7.89. The maximum atomic E-state index is 5.57. The molecule has 16 heavy (non-hydrogen) atoms. The Labute approximate surface area is 98.5 Å². The maximum Gasteiger partial charge on any atom is 0.0726 e. The normalized spacial score (nSPS) is 10.8. The molecule has 0 aliphatic rings. The van der Waals surface area contributed by atoms with Crippen molar-refractivity contribution < 1.29 is 4.74 Å². The van der Waals surface area contributed by atoms with Crippen molar-refractivity contribution in [3.63, 3.8) is 0 Å². The molecule has 0 bridgehead atoms. The molecule has 0 spiro atoms. The molecule has 1 heteroatoms. The number of hydrogen-bond donors (Lipinski definition) is 0. The van der Waals surface area contributed by atoms with Crippen LogP contribution in [-0.4, -0.2) is 6.61 Å². The largest absolute Gasteiger partial charge is 0.373 e. The Bertz CT molecular complexity index is 339. The predicted molar refractivity (Wildman–Crippen MR) is 70.2 cm³/mol. The second-order valence-corrected chi connectivity index (χ2v) is 3.68. The lowest BCUT2D eigenvalue weighted by atomic mass is 10.1. The third-order valence-corrected chi connectivity index (χ3v) is 2.37. The maximum absolute atomic E-state index is 5.57. The molecule has 0 fully saturated rings. The smallest absolute Gasteiger partial charge is 0.0726 e. The molecule has 1 aromatic carbocycles. The minimum absolute atomic E-state index is 0.651. The van der Waals surface area contributed by atoms with E-state index in [2.05, 4.69) is 37.8 Å². The summed E-state index contributed by atoms with van der Waals surface area (Å²) in [6.45, 7) is 7.30. The van der Waals surface area contributed by atoms with Crippen LogP contribution in [-0.2, 0) is 11.3 Å². The van der Waals surface area contributed by atoms with Gasteiger partial charge in [-0.05, 0) is 17.5 Å². The van der Waals surface area contributed by atoms with Gasteiger partial charge in [-0.25, -0.2) is 0 Å². The fourth-order valence-corrected chi connectivity index (χ4v) is 1.45. The van der Waals surface area contributed by atoms with Gasteiger partial charge < -0.3 is 4.74 Å². The van der Waals surface area contributed by atoms with Crippen molar-refractivity contribution in [1.82, 2.24) is 0 Å². The highest BCUT2D eigenvalue weighted by Gasteiger charge is 1.96. The monoisotopic (exact) mass is 216 g/mol. The summed E-state index contributed by atoms with van der Waals surface area (Å²) in [4.78, 5) is 0. The van der Waals surface area contributed by atoms with Gasteiger partial charge in [0.25, 0.3) is 0 Å². The fraction of sp³-hybridized carbons (Fsp3) is 0.333. The van der Waals surface area contributed by atoms with Crippen LogP contribution < -0.4 is 0 Å². The summed E-state index contributed by atoms with van der Waals surface area (Å²) in [5.41, 5.74) is 2.35. The van der Waals surface area contributed by atoms with Crippen LogP contribution in [0.1, 0.15) is 30.9 Å². The Kier molecular flexibility index (Phi) is 6.28. The van der Waals surface area contributed by atoms with Crippen LogP contribution >= 0.6 is 0 Å². The van der Waals surface area contributed by atoms with Crippen molar-refractivity contribution in [2.75, 3.05) is 6.61 Å². The lowest BCUT2D eigenvalue weighted by Gasteiger charge is -2.05. The van der Waals surface area contributed by atoms with Gasteiger partial charge in [-0.1, -0.05) is 62.4 Å². The van der Waals surface area contributed by atoms with E-state index in [9.17, 15) is 0 Å². The summed E-state index contributed by atoms with van der Waals surface area (Å²) in [6.07, 6.45) is 8.44. The Hall–Kier alpha value is -1.34. The van der Waals surface area contributed by atoms with Crippen molar-refractivity contribution in [3.05, 3.63) is 54.1 Å². The van der Waals surface area contributed by atoms with Crippen LogP contribution in [0, 0.1) is 0 Å². The van der Waals surface area contributed by atoms with Crippen LogP contribution in [0.15, 0.2) is 43.0 Å². The Morgan fingerprint density at radius 1 is 1.25 bits per heavy atom. The van der Waals surface area contributed by atoms with E-state index in [0.29, 0.717) is 13.2 Å². The quantitative estimate of drug-likeness (QED) is 0.490. The van der Waals surface area contributed by atoms with Gasteiger partial charge >= 0.3 is 0 Å². The lowest BCUT2D eigenvalue weighted by molar-refractivity contribution is 0.148. The van der Waals surface area contributed by atoms with Gasteiger partial charge in [0.2, 0.25) is 0 Å². The summed E-state index contributed by atoms with van der Waals surface area (Å²) >= 11 is 0. The van der Waals surface area contributed by atoms with Crippen molar-refractivity contribution >= 4 is 6.08 Å². The standard InChI is InChI=1S/C15H20O/c1-3-5-6-9-12-16-13-15-11-8-7-10-14(15)4-2/h4,6-11H,2-3,5,12-13H2,1H3/b9-6+. The number of unbranched alkanes of at least 4 members (excludes halogenated alkanes) is 1. The summed E-state index contributed by atoms with van der Waals surface area (Å²) in [6, 6.07) is 8.17. The molecule has 0 amide bonds. The van der Waals surface area contributed by atoms with Gasteiger partial charge in [0.15, 0.2) is 0 Å². The van der Waals surface area contributed by atoms with Crippen molar-refractivity contribution in [2.45, 2.75) is 26.4 Å². The fourth-order valence-electron chi connectivity index (χ4n) is 1.45. The average molecular weight is 216 g/mol. The van der Waals surface area contributed by atoms with Crippen LogP contribution in [0.25, 0.3) is 6.08 Å². The summed E-state index contributed by atoms with van der Waals surface area (Å²) in [5.74, 6) is 0. The summed E-state index contributed by atoms with van der Waals surface area (Å²) in [5, 5.41) is 0. The summed E-state index contributed by atoms with van der Waals surface area (Å²) < 4.78 is 5.57. The van der Waals surface area contributed by atoms with Crippen molar-refractivity contribution in [2.24, 2.45) is 0 Å². The molecule has 0 aliphatic heterocycles. The Morgan fingerprint density at radius 3 is 2.81 bits per heavy atom. The lowest BCUT2D eigenvalue weighted by Crippen LogP contribution is -1.95. The van der Waals surface area contributed by atoms with E-state index in [1.807, 2.05) is 18.2 Å². The highest BCUT2D eigenvalue weighted by Crippen LogP contribution is 2.10. The Morgan fingerprint density at radius 2 is 2.06 bits per heavy atom. The molecule has 1 nitrogen and oxygen atoms in total. The van der Waals surface area contributed by atoms with Crippen LogP contribution in [0.5, 0.6) is 0 Å². The third kappa shape index (κ3) is 4.45. The zero-order valence-electron chi connectivity index (χ0n) is 9.99. The van der Waals surface area contributed by atoms with E-state index in [1.165, 1.54) is 12.0 Å².